The Balaban J connectivity index is 1.48. The third-order valence-electron chi connectivity index (χ3n) is 10.8. The molecule has 4 rings (SSSR count). The summed E-state index contributed by atoms with van der Waals surface area (Å²) in [5.74, 6) is 1.86. The average molecular weight is 441 g/mol. The largest absolute Gasteiger partial charge is 0.391 e. The van der Waals surface area contributed by atoms with Gasteiger partial charge in [0.15, 0.2) is 0 Å². The van der Waals surface area contributed by atoms with Crippen molar-refractivity contribution in [3.63, 3.8) is 0 Å². The van der Waals surface area contributed by atoms with Crippen LogP contribution in [-0.4, -0.2) is 16.9 Å². The van der Waals surface area contributed by atoms with E-state index in [4.69, 9.17) is 0 Å². The Labute approximate surface area is 187 Å². The summed E-state index contributed by atoms with van der Waals surface area (Å²) in [5, 5.41) is 10.6. The van der Waals surface area contributed by atoms with Crippen molar-refractivity contribution in [3.8, 4) is 0 Å². The highest BCUT2D eigenvalue weighted by molar-refractivity contribution is 5.26. The summed E-state index contributed by atoms with van der Waals surface area (Å²) in [6.45, 7) is 10.5. The molecule has 4 heteroatoms. The van der Waals surface area contributed by atoms with Crippen molar-refractivity contribution < 1.29 is 18.3 Å². The van der Waals surface area contributed by atoms with Crippen LogP contribution in [0.3, 0.4) is 0 Å². The van der Waals surface area contributed by atoms with Crippen molar-refractivity contribution in [3.05, 3.63) is 11.6 Å². The van der Waals surface area contributed by atoms with E-state index in [9.17, 15) is 18.3 Å². The van der Waals surface area contributed by atoms with Gasteiger partial charge in [0.25, 0.3) is 0 Å². The minimum atomic E-state index is -4.06. The molecule has 0 aromatic heterocycles. The van der Waals surface area contributed by atoms with Crippen LogP contribution in [0.2, 0.25) is 0 Å². The highest BCUT2D eigenvalue weighted by Crippen LogP contribution is 2.67. The highest BCUT2D eigenvalue weighted by Gasteiger charge is 2.59. The maximum Gasteiger partial charge on any atom is 0.391 e. The van der Waals surface area contributed by atoms with Gasteiger partial charge in [0.1, 0.15) is 0 Å². The molecule has 0 aromatic carbocycles. The number of rotatable bonds is 4. The predicted molar refractivity (Wildman–Crippen MR) is 119 cm³/mol. The molecule has 5 unspecified atom stereocenters. The van der Waals surface area contributed by atoms with Crippen LogP contribution in [0, 0.1) is 46.3 Å². The molecule has 0 spiro atoms. The molecule has 3 fully saturated rings. The summed E-state index contributed by atoms with van der Waals surface area (Å²) in [5.41, 5.74) is 1.46. The van der Waals surface area contributed by atoms with E-state index in [0.717, 1.165) is 25.7 Å². The molecule has 1 nitrogen and oxygen atoms in total. The molecule has 1 N–H and O–H groups in total. The van der Waals surface area contributed by atoms with Gasteiger partial charge in [-0.1, -0.05) is 39.3 Å². The van der Waals surface area contributed by atoms with Crippen molar-refractivity contribution in [1.82, 2.24) is 0 Å². The van der Waals surface area contributed by atoms with Crippen LogP contribution in [0.1, 0.15) is 98.8 Å². The number of aliphatic hydroxyl groups is 1. The van der Waals surface area contributed by atoms with Crippen molar-refractivity contribution in [1.29, 1.82) is 0 Å². The van der Waals surface area contributed by atoms with Crippen LogP contribution in [0.25, 0.3) is 0 Å². The molecule has 0 heterocycles. The summed E-state index contributed by atoms with van der Waals surface area (Å²) in [6, 6.07) is 0. The molecule has 9 atom stereocenters. The van der Waals surface area contributed by atoms with Crippen molar-refractivity contribution in [2.45, 2.75) is 111 Å². The molecule has 178 valence electrons. The van der Waals surface area contributed by atoms with Gasteiger partial charge in [-0.05, 0) is 112 Å². The Morgan fingerprint density at radius 2 is 1.71 bits per heavy atom. The molecular weight excluding hydrogens is 397 g/mol. The second kappa shape index (κ2) is 7.77. The second-order valence-electron chi connectivity index (χ2n) is 12.7. The van der Waals surface area contributed by atoms with Crippen LogP contribution in [0.4, 0.5) is 13.2 Å². The number of alkyl halides is 3. The van der Waals surface area contributed by atoms with Crippen LogP contribution in [0.5, 0.6) is 0 Å². The molecule has 0 amide bonds. The first kappa shape index (κ1) is 23.6. The molecule has 4 aliphatic carbocycles. The molecule has 0 saturated heterocycles. The van der Waals surface area contributed by atoms with Gasteiger partial charge in [-0.15, -0.1) is 0 Å². The molecule has 3 saturated carbocycles. The lowest BCUT2D eigenvalue weighted by atomic mass is 9.46. The molecule has 0 aliphatic heterocycles. The quantitative estimate of drug-likeness (QED) is 0.440. The Hall–Kier alpha value is -0.510. The van der Waals surface area contributed by atoms with Gasteiger partial charge in [0, 0.05) is 0 Å². The number of halogens is 3. The second-order valence-corrected chi connectivity index (χ2v) is 12.7. The smallest absolute Gasteiger partial charge is 0.390 e. The number of hydrogen-bond acceptors (Lipinski definition) is 1. The van der Waals surface area contributed by atoms with E-state index in [1.54, 1.807) is 0 Å². The van der Waals surface area contributed by atoms with Crippen LogP contribution < -0.4 is 0 Å². The van der Waals surface area contributed by atoms with E-state index in [-0.39, 0.29) is 17.3 Å². The van der Waals surface area contributed by atoms with Gasteiger partial charge in [0.2, 0.25) is 0 Å². The van der Waals surface area contributed by atoms with E-state index in [1.165, 1.54) is 38.2 Å². The zero-order valence-corrected chi connectivity index (χ0v) is 20.2. The summed E-state index contributed by atoms with van der Waals surface area (Å²) in [6.07, 6.45) is 8.22. The first-order valence-electron chi connectivity index (χ1n) is 12.8. The molecule has 0 radical (unpaired) electrons. The van der Waals surface area contributed by atoms with Crippen molar-refractivity contribution in [2.24, 2.45) is 46.3 Å². The summed E-state index contributed by atoms with van der Waals surface area (Å²) < 4.78 is 39.0. The molecule has 4 aliphatic rings. The predicted octanol–water partition coefficient (Wildman–Crippen LogP) is 7.93. The Morgan fingerprint density at radius 3 is 2.39 bits per heavy atom. The van der Waals surface area contributed by atoms with E-state index in [0.29, 0.717) is 36.0 Å². The van der Waals surface area contributed by atoms with Gasteiger partial charge in [0.05, 0.1) is 11.5 Å². The number of allylic oxidation sites excluding steroid dienone is 1. The lowest BCUT2D eigenvalue weighted by Gasteiger charge is -2.59. The molecular formula is C27H43F3O. The van der Waals surface area contributed by atoms with Gasteiger partial charge in [-0.3, -0.25) is 0 Å². The van der Waals surface area contributed by atoms with E-state index in [1.807, 2.05) is 6.92 Å². The van der Waals surface area contributed by atoms with Crippen LogP contribution >= 0.6 is 0 Å². The number of hydrogen-bond donors (Lipinski definition) is 1. The SMILES string of the molecule is CC(CC[C@@H](C)C(F)(F)F)[C@H]1CCC2C3CC=C4C[C@@](C)(O)CC[C@]4(C)C3CCC21C. The van der Waals surface area contributed by atoms with Gasteiger partial charge >= 0.3 is 6.18 Å². The van der Waals surface area contributed by atoms with Gasteiger partial charge in [-0.25, -0.2) is 0 Å². The molecule has 0 bridgehead atoms. The maximum atomic E-state index is 13.0. The van der Waals surface area contributed by atoms with E-state index < -0.39 is 17.7 Å². The topological polar surface area (TPSA) is 20.2 Å². The first-order chi connectivity index (χ1) is 14.3. The fourth-order valence-electron chi connectivity index (χ4n) is 8.66. The van der Waals surface area contributed by atoms with Gasteiger partial charge in [-0.2, -0.15) is 13.2 Å². The standard InChI is InChI=1S/C27H43F3O/c1-17(6-7-18(2)27(28,29)30)21-10-11-22-20-9-8-19-16-24(3,31)14-15-25(19,4)23(20)12-13-26(21,22)5/h8,17-18,20-23,31H,6-7,9-16H2,1-5H3/t17?,18-,20?,21-,22?,23?,24+,25+,26?/m1/s1. The van der Waals surface area contributed by atoms with Crippen LogP contribution in [-0.2, 0) is 0 Å². The third-order valence-corrected chi connectivity index (χ3v) is 10.8. The Bertz CT molecular complexity index is 710. The van der Waals surface area contributed by atoms with Crippen LogP contribution in [0.15, 0.2) is 11.6 Å². The first-order valence-corrected chi connectivity index (χ1v) is 12.8. The Morgan fingerprint density at radius 1 is 1.00 bits per heavy atom. The zero-order chi connectivity index (χ0) is 22.8. The summed E-state index contributed by atoms with van der Waals surface area (Å²) >= 11 is 0. The summed E-state index contributed by atoms with van der Waals surface area (Å²) in [7, 11) is 0. The fourth-order valence-corrected chi connectivity index (χ4v) is 8.66. The number of fused-ring (bicyclic) bond motifs is 5. The van der Waals surface area contributed by atoms with E-state index in [2.05, 4.69) is 26.8 Å². The average Bonchev–Trinajstić information content (AvgIpc) is 3.02. The highest BCUT2D eigenvalue weighted by atomic mass is 19.4. The van der Waals surface area contributed by atoms with Crippen molar-refractivity contribution >= 4 is 0 Å². The lowest BCUT2D eigenvalue weighted by molar-refractivity contribution is -0.172. The fraction of sp³-hybridized carbons (Fsp3) is 0.926. The van der Waals surface area contributed by atoms with Gasteiger partial charge < -0.3 is 5.11 Å². The third kappa shape index (κ3) is 4.02. The molecule has 31 heavy (non-hydrogen) atoms. The van der Waals surface area contributed by atoms with Crippen molar-refractivity contribution in [2.75, 3.05) is 0 Å². The molecule has 0 aromatic rings. The summed E-state index contributed by atoms with van der Waals surface area (Å²) in [4.78, 5) is 0. The minimum absolute atomic E-state index is 0.234. The monoisotopic (exact) mass is 440 g/mol. The normalized spacial score (nSPS) is 47.1. The Kier molecular flexibility index (Phi) is 5.93. The lowest BCUT2D eigenvalue weighted by Crippen LogP contribution is -2.52. The zero-order valence-electron chi connectivity index (χ0n) is 20.2. The minimum Gasteiger partial charge on any atom is -0.390 e. The van der Waals surface area contributed by atoms with E-state index >= 15 is 0 Å². The maximum absolute atomic E-state index is 13.0.